The first kappa shape index (κ1) is 21.4. The van der Waals surface area contributed by atoms with Crippen LogP contribution in [0.1, 0.15) is 53.7 Å². The highest BCUT2D eigenvalue weighted by atomic mass is 16.5. The van der Waals surface area contributed by atoms with Crippen molar-refractivity contribution >= 4 is 11.8 Å². The Hall–Kier alpha value is -3.34. The van der Waals surface area contributed by atoms with E-state index in [1.165, 1.54) is 0 Å². The topological polar surface area (TPSA) is 83.8 Å². The molecule has 3 rings (SSSR count). The van der Waals surface area contributed by atoms with Gasteiger partial charge in [-0.05, 0) is 54.7 Å². The lowest BCUT2D eigenvalue weighted by Gasteiger charge is -2.22. The van der Waals surface area contributed by atoms with Crippen LogP contribution in [0.4, 0.5) is 0 Å². The van der Waals surface area contributed by atoms with Crippen LogP contribution in [0.2, 0.25) is 0 Å². The standard InChI is InChI=1S/C25H26O5/c1-3-22(26)21-11-12-23(16(2)24(21)27)30-15-18-9-7-17(8-10-18)13-19-5-4-6-20(14-19)25(28)29/h4-10,12,14,21,27H,3,11,13,15H2,1-2H3,(H,28,29). The maximum atomic E-state index is 11.9. The maximum absolute atomic E-state index is 11.9. The fraction of sp³-hybridized carbons (Fsp3) is 0.280. The second-order valence-electron chi connectivity index (χ2n) is 7.47. The van der Waals surface area contributed by atoms with E-state index in [4.69, 9.17) is 9.84 Å². The van der Waals surface area contributed by atoms with Gasteiger partial charge in [-0.2, -0.15) is 0 Å². The van der Waals surface area contributed by atoms with Gasteiger partial charge in [-0.25, -0.2) is 4.79 Å². The van der Waals surface area contributed by atoms with Gasteiger partial charge < -0.3 is 14.9 Å². The number of hydrogen-bond acceptors (Lipinski definition) is 4. The maximum Gasteiger partial charge on any atom is 0.335 e. The molecule has 1 atom stereocenters. The van der Waals surface area contributed by atoms with Gasteiger partial charge in [-0.3, -0.25) is 4.79 Å². The number of aromatic carboxylic acids is 1. The molecule has 0 amide bonds. The van der Waals surface area contributed by atoms with E-state index in [1.54, 1.807) is 32.0 Å². The van der Waals surface area contributed by atoms with Crippen molar-refractivity contribution in [3.05, 3.63) is 94.0 Å². The van der Waals surface area contributed by atoms with E-state index in [9.17, 15) is 14.7 Å². The molecule has 0 saturated heterocycles. The molecule has 30 heavy (non-hydrogen) atoms. The Bertz CT molecular complexity index is 998. The Morgan fingerprint density at radius 1 is 1.07 bits per heavy atom. The predicted molar refractivity (Wildman–Crippen MR) is 114 cm³/mol. The average Bonchev–Trinajstić information content (AvgIpc) is 2.75. The molecule has 5 heteroatoms. The van der Waals surface area contributed by atoms with Gasteiger partial charge >= 0.3 is 5.97 Å². The molecule has 1 aliphatic rings. The van der Waals surface area contributed by atoms with E-state index in [-0.39, 0.29) is 17.1 Å². The number of carbonyl (C=O) groups excluding carboxylic acids is 1. The number of Topliss-reactive ketones (excluding diaryl/α,β-unsaturated/α-hetero) is 1. The first-order chi connectivity index (χ1) is 14.4. The Labute approximate surface area is 176 Å². The molecule has 156 valence electrons. The van der Waals surface area contributed by atoms with Crippen LogP contribution in [0.5, 0.6) is 0 Å². The molecule has 2 aromatic carbocycles. The van der Waals surface area contributed by atoms with E-state index in [2.05, 4.69) is 0 Å². The summed E-state index contributed by atoms with van der Waals surface area (Å²) in [6.45, 7) is 3.93. The van der Waals surface area contributed by atoms with E-state index in [0.717, 1.165) is 16.7 Å². The first-order valence-corrected chi connectivity index (χ1v) is 10.0. The molecule has 0 aliphatic heterocycles. The number of carboxylic acids is 1. The third-order valence-corrected chi connectivity index (χ3v) is 5.36. The smallest absolute Gasteiger partial charge is 0.335 e. The molecule has 0 heterocycles. The van der Waals surface area contributed by atoms with Crippen molar-refractivity contribution in [1.29, 1.82) is 0 Å². The number of carboxylic acid groups (broad SMARTS) is 1. The fourth-order valence-corrected chi connectivity index (χ4v) is 3.54. The lowest BCUT2D eigenvalue weighted by atomic mass is 9.89. The molecular weight excluding hydrogens is 380 g/mol. The molecule has 1 aliphatic carbocycles. The van der Waals surface area contributed by atoms with E-state index in [0.29, 0.717) is 37.2 Å². The molecule has 0 spiro atoms. The van der Waals surface area contributed by atoms with Crippen molar-refractivity contribution < 1.29 is 24.5 Å². The summed E-state index contributed by atoms with van der Waals surface area (Å²) in [5, 5.41) is 19.5. The average molecular weight is 406 g/mol. The quantitative estimate of drug-likeness (QED) is 0.629. The van der Waals surface area contributed by atoms with E-state index in [1.807, 2.05) is 36.4 Å². The summed E-state index contributed by atoms with van der Waals surface area (Å²) in [5.41, 5.74) is 3.90. The number of ketones is 1. The normalized spacial score (nSPS) is 16.2. The summed E-state index contributed by atoms with van der Waals surface area (Å²) >= 11 is 0. The SMILES string of the molecule is CCC(=O)C1CC=C(OCc2ccc(Cc3cccc(C(=O)O)c3)cc2)C(C)=C1O. The lowest BCUT2D eigenvalue weighted by molar-refractivity contribution is -0.122. The van der Waals surface area contributed by atoms with Crippen LogP contribution in [0.15, 0.2) is 71.7 Å². The number of rotatable bonds is 8. The first-order valence-electron chi connectivity index (χ1n) is 10.0. The van der Waals surface area contributed by atoms with Gasteiger partial charge in [0.15, 0.2) is 0 Å². The van der Waals surface area contributed by atoms with Crippen LogP contribution in [-0.2, 0) is 22.6 Å². The summed E-state index contributed by atoms with van der Waals surface area (Å²) in [6.07, 6.45) is 3.38. The second-order valence-corrected chi connectivity index (χ2v) is 7.47. The van der Waals surface area contributed by atoms with Crippen molar-refractivity contribution in [2.75, 3.05) is 0 Å². The van der Waals surface area contributed by atoms with Gasteiger partial charge in [0, 0.05) is 12.0 Å². The number of ether oxygens (including phenoxy) is 1. The number of benzene rings is 2. The Kier molecular flexibility index (Phi) is 6.72. The van der Waals surface area contributed by atoms with Crippen LogP contribution < -0.4 is 0 Å². The highest BCUT2D eigenvalue weighted by Crippen LogP contribution is 2.30. The van der Waals surface area contributed by atoms with Crippen molar-refractivity contribution in [2.45, 2.75) is 39.7 Å². The van der Waals surface area contributed by atoms with Gasteiger partial charge in [0.05, 0.1) is 11.5 Å². The number of allylic oxidation sites excluding steroid dienone is 3. The number of hydrogen-bond donors (Lipinski definition) is 2. The van der Waals surface area contributed by atoms with Gasteiger partial charge in [0.25, 0.3) is 0 Å². The molecule has 0 fully saturated rings. The number of aliphatic hydroxyl groups excluding tert-OH is 1. The minimum atomic E-state index is -0.929. The zero-order valence-corrected chi connectivity index (χ0v) is 17.2. The van der Waals surface area contributed by atoms with Crippen LogP contribution in [0.3, 0.4) is 0 Å². The summed E-state index contributed by atoms with van der Waals surface area (Å²) in [6, 6.07) is 14.9. The third kappa shape index (κ3) is 4.98. The second kappa shape index (κ2) is 9.44. The Morgan fingerprint density at radius 2 is 1.77 bits per heavy atom. The highest BCUT2D eigenvalue weighted by Gasteiger charge is 2.27. The molecule has 0 aromatic heterocycles. The van der Waals surface area contributed by atoms with Crippen LogP contribution in [0, 0.1) is 5.92 Å². The van der Waals surface area contributed by atoms with Crippen molar-refractivity contribution in [2.24, 2.45) is 5.92 Å². The Balaban J connectivity index is 1.60. The van der Waals surface area contributed by atoms with Crippen molar-refractivity contribution in [3.8, 4) is 0 Å². The fourth-order valence-electron chi connectivity index (χ4n) is 3.54. The Morgan fingerprint density at radius 3 is 2.43 bits per heavy atom. The molecular formula is C25H26O5. The minimum Gasteiger partial charge on any atom is -0.511 e. The monoisotopic (exact) mass is 406 g/mol. The lowest BCUT2D eigenvalue weighted by Crippen LogP contribution is -2.20. The predicted octanol–water partition coefficient (Wildman–Crippen LogP) is 5.21. The molecule has 0 bridgehead atoms. The van der Waals surface area contributed by atoms with Gasteiger partial charge in [-0.1, -0.05) is 43.3 Å². The summed E-state index contributed by atoms with van der Waals surface area (Å²) in [7, 11) is 0. The van der Waals surface area contributed by atoms with Gasteiger partial charge in [0.1, 0.15) is 23.9 Å². The van der Waals surface area contributed by atoms with E-state index >= 15 is 0 Å². The molecule has 5 nitrogen and oxygen atoms in total. The van der Waals surface area contributed by atoms with Gasteiger partial charge in [0.2, 0.25) is 0 Å². The van der Waals surface area contributed by atoms with Crippen LogP contribution >= 0.6 is 0 Å². The van der Waals surface area contributed by atoms with Crippen LogP contribution in [0.25, 0.3) is 0 Å². The van der Waals surface area contributed by atoms with Crippen molar-refractivity contribution in [1.82, 2.24) is 0 Å². The molecule has 1 unspecified atom stereocenters. The number of carbonyl (C=O) groups is 2. The van der Waals surface area contributed by atoms with Crippen molar-refractivity contribution in [3.63, 3.8) is 0 Å². The van der Waals surface area contributed by atoms with Gasteiger partial charge in [-0.15, -0.1) is 0 Å². The zero-order valence-electron chi connectivity index (χ0n) is 17.2. The largest absolute Gasteiger partial charge is 0.511 e. The summed E-state index contributed by atoms with van der Waals surface area (Å²) in [5.74, 6) is -0.629. The summed E-state index contributed by atoms with van der Waals surface area (Å²) in [4.78, 5) is 23.0. The molecule has 2 aromatic rings. The minimum absolute atomic E-state index is 0.0339. The third-order valence-electron chi connectivity index (χ3n) is 5.36. The highest BCUT2D eigenvalue weighted by molar-refractivity contribution is 5.87. The summed E-state index contributed by atoms with van der Waals surface area (Å²) < 4.78 is 5.88. The van der Waals surface area contributed by atoms with Crippen LogP contribution in [-0.4, -0.2) is 22.0 Å². The molecule has 0 radical (unpaired) electrons. The number of aliphatic hydroxyl groups is 1. The molecule has 2 N–H and O–H groups in total. The van der Waals surface area contributed by atoms with E-state index < -0.39 is 11.9 Å². The molecule has 0 saturated carbocycles. The zero-order chi connectivity index (χ0) is 21.7.